The number of thioether (sulfide) groups is 1. The summed E-state index contributed by atoms with van der Waals surface area (Å²) in [6.45, 7) is 1.87. The predicted molar refractivity (Wildman–Crippen MR) is 93.7 cm³/mol. The van der Waals surface area contributed by atoms with E-state index in [1.165, 1.54) is 12.1 Å². The third kappa shape index (κ3) is 2.97. The van der Waals surface area contributed by atoms with Gasteiger partial charge in [-0.1, -0.05) is 18.2 Å². The van der Waals surface area contributed by atoms with Crippen molar-refractivity contribution in [3.05, 3.63) is 59.7 Å². The zero-order valence-corrected chi connectivity index (χ0v) is 14.1. The summed E-state index contributed by atoms with van der Waals surface area (Å²) in [4.78, 5) is 25.5. The number of rotatable bonds is 4. The molecule has 3 rings (SSSR count). The van der Waals surface area contributed by atoms with Crippen LogP contribution in [0.1, 0.15) is 28.2 Å². The number of carboxylic acids is 1. The molecule has 6 heteroatoms. The van der Waals surface area contributed by atoms with Crippen molar-refractivity contribution in [1.29, 1.82) is 0 Å². The molecule has 124 valence electrons. The van der Waals surface area contributed by atoms with Gasteiger partial charge in [0.05, 0.1) is 17.9 Å². The molecule has 0 bridgehead atoms. The molecular weight excluding hydrogens is 326 g/mol. The van der Waals surface area contributed by atoms with Gasteiger partial charge in [-0.25, -0.2) is 4.79 Å². The zero-order valence-electron chi connectivity index (χ0n) is 13.3. The second-order valence-electron chi connectivity index (χ2n) is 5.47. The highest BCUT2D eigenvalue weighted by Gasteiger charge is 2.39. The van der Waals surface area contributed by atoms with E-state index in [4.69, 9.17) is 4.74 Å². The van der Waals surface area contributed by atoms with Crippen LogP contribution in [0.15, 0.2) is 48.5 Å². The van der Waals surface area contributed by atoms with Crippen LogP contribution in [0.2, 0.25) is 0 Å². The van der Waals surface area contributed by atoms with Crippen LogP contribution in [0.5, 0.6) is 5.75 Å². The molecule has 1 aliphatic rings. The Bertz CT molecular complexity index is 775. The largest absolute Gasteiger partial charge is 0.497 e. The lowest BCUT2D eigenvalue weighted by atomic mass is 10.1. The highest BCUT2D eigenvalue weighted by Crippen LogP contribution is 2.45. The van der Waals surface area contributed by atoms with E-state index in [9.17, 15) is 14.7 Å². The summed E-state index contributed by atoms with van der Waals surface area (Å²) in [5.74, 6) is -0.283. The van der Waals surface area contributed by atoms with Crippen molar-refractivity contribution in [2.24, 2.45) is 0 Å². The maximum atomic E-state index is 12.6. The summed E-state index contributed by atoms with van der Waals surface area (Å²) in [7, 11) is 1.61. The number of nitrogens with zero attached hydrogens (tertiary/aromatic N) is 1. The molecule has 2 aromatic rings. The molecule has 1 saturated heterocycles. The van der Waals surface area contributed by atoms with Crippen LogP contribution in [0, 0.1) is 0 Å². The molecule has 24 heavy (non-hydrogen) atoms. The molecule has 0 radical (unpaired) electrons. The topological polar surface area (TPSA) is 66.8 Å². The number of ether oxygens (including phenoxy) is 1. The molecule has 2 aromatic carbocycles. The molecule has 1 aliphatic heterocycles. The Morgan fingerprint density at radius 3 is 2.54 bits per heavy atom. The molecule has 1 fully saturated rings. The van der Waals surface area contributed by atoms with Crippen LogP contribution in [-0.4, -0.2) is 29.3 Å². The Balaban J connectivity index is 2.00. The van der Waals surface area contributed by atoms with Crippen molar-refractivity contribution in [2.75, 3.05) is 12.0 Å². The molecule has 0 spiro atoms. The van der Waals surface area contributed by atoms with E-state index in [1.54, 1.807) is 35.9 Å². The summed E-state index contributed by atoms with van der Waals surface area (Å²) in [5, 5.41) is 8.81. The minimum absolute atomic E-state index is 0.0247. The predicted octanol–water partition coefficient (Wildman–Crippen LogP) is 3.56. The number of carbonyl (C=O) groups is 2. The fourth-order valence-corrected chi connectivity index (χ4v) is 3.95. The first kappa shape index (κ1) is 16.4. The van der Waals surface area contributed by atoms with Crippen molar-refractivity contribution in [1.82, 2.24) is 0 Å². The number of benzene rings is 2. The number of hydrogen-bond donors (Lipinski definition) is 1. The lowest BCUT2D eigenvalue weighted by Crippen LogP contribution is -2.30. The van der Waals surface area contributed by atoms with E-state index in [1.807, 2.05) is 31.2 Å². The van der Waals surface area contributed by atoms with Crippen molar-refractivity contribution in [3.63, 3.8) is 0 Å². The highest BCUT2D eigenvalue weighted by molar-refractivity contribution is 8.01. The Labute approximate surface area is 144 Å². The Morgan fingerprint density at radius 2 is 1.92 bits per heavy atom. The third-order valence-corrected chi connectivity index (χ3v) is 5.28. The van der Waals surface area contributed by atoms with Crippen LogP contribution in [0.25, 0.3) is 0 Å². The smallest absolute Gasteiger partial charge is 0.335 e. The normalized spacial score (nSPS) is 20.2. The van der Waals surface area contributed by atoms with E-state index in [2.05, 4.69) is 0 Å². The minimum Gasteiger partial charge on any atom is -0.497 e. The standard InChI is InChI=1S/C18H17NO4S/c1-11-16(20)19(14-5-3-4-13(10-14)18(21)22)17(24-11)12-6-8-15(23-2)9-7-12/h3-11,17H,1-2H3,(H,21,22)/t11-,17+/m0/s1. The summed E-state index contributed by atoms with van der Waals surface area (Å²) in [6, 6.07) is 14.0. The minimum atomic E-state index is -1.01. The van der Waals surface area contributed by atoms with Gasteiger partial charge in [-0.2, -0.15) is 0 Å². The highest BCUT2D eigenvalue weighted by atomic mass is 32.2. The van der Waals surface area contributed by atoms with E-state index in [0.29, 0.717) is 5.69 Å². The lowest BCUT2D eigenvalue weighted by Gasteiger charge is -2.24. The third-order valence-electron chi connectivity index (χ3n) is 3.92. The molecule has 0 saturated carbocycles. The molecule has 2 atom stereocenters. The van der Waals surface area contributed by atoms with Gasteiger partial charge in [0.15, 0.2) is 0 Å². The zero-order chi connectivity index (χ0) is 17.3. The second kappa shape index (κ2) is 6.57. The van der Waals surface area contributed by atoms with Crippen LogP contribution in [-0.2, 0) is 4.79 Å². The second-order valence-corrected chi connectivity index (χ2v) is 6.89. The molecule has 5 nitrogen and oxygen atoms in total. The van der Waals surface area contributed by atoms with Crippen molar-refractivity contribution in [2.45, 2.75) is 17.5 Å². The van der Waals surface area contributed by atoms with Gasteiger partial charge < -0.3 is 9.84 Å². The number of hydrogen-bond acceptors (Lipinski definition) is 4. The number of carboxylic acid groups (broad SMARTS) is 1. The number of amides is 1. The molecule has 0 aromatic heterocycles. The first-order valence-electron chi connectivity index (χ1n) is 7.47. The van der Waals surface area contributed by atoms with Crippen molar-refractivity contribution in [3.8, 4) is 5.75 Å². The Kier molecular flexibility index (Phi) is 4.49. The number of carbonyl (C=O) groups excluding carboxylic acids is 1. The number of methoxy groups -OCH3 is 1. The summed E-state index contributed by atoms with van der Waals surface area (Å²) >= 11 is 1.55. The Morgan fingerprint density at radius 1 is 1.21 bits per heavy atom. The first-order valence-corrected chi connectivity index (χ1v) is 8.41. The molecular formula is C18H17NO4S. The van der Waals surface area contributed by atoms with Crippen LogP contribution >= 0.6 is 11.8 Å². The molecule has 0 unspecified atom stereocenters. The molecule has 1 N–H and O–H groups in total. The lowest BCUT2D eigenvalue weighted by molar-refractivity contribution is -0.117. The van der Waals surface area contributed by atoms with Crippen LogP contribution in [0.3, 0.4) is 0 Å². The molecule has 0 aliphatic carbocycles. The van der Waals surface area contributed by atoms with Crippen LogP contribution < -0.4 is 9.64 Å². The van der Waals surface area contributed by atoms with E-state index < -0.39 is 5.97 Å². The fraction of sp³-hybridized carbons (Fsp3) is 0.222. The van der Waals surface area contributed by atoms with Crippen LogP contribution in [0.4, 0.5) is 5.69 Å². The monoisotopic (exact) mass is 343 g/mol. The maximum absolute atomic E-state index is 12.6. The maximum Gasteiger partial charge on any atom is 0.335 e. The average Bonchev–Trinajstić information content (AvgIpc) is 2.90. The van der Waals surface area contributed by atoms with Gasteiger partial charge in [-0.15, -0.1) is 11.8 Å². The van der Waals surface area contributed by atoms with Gasteiger partial charge in [0, 0.05) is 5.69 Å². The van der Waals surface area contributed by atoms with Gasteiger partial charge >= 0.3 is 5.97 Å². The molecule has 1 heterocycles. The van der Waals surface area contributed by atoms with Gasteiger partial charge in [0.25, 0.3) is 0 Å². The Hall–Kier alpha value is -2.47. The van der Waals surface area contributed by atoms with E-state index in [0.717, 1.165) is 11.3 Å². The summed E-state index contributed by atoms with van der Waals surface area (Å²) in [6.07, 6.45) is 0. The van der Waals surface area contributed by atoms with Gasteiger partial charge in [-0.05, 0) is 42.8 Å². The summed E-state index contributed by atoms with van der Waals surface area (Å²) in [5.41, 5.74) is 1.73. The quantitative estimate of drug-likeness (QED) is 0.919. The van der Waals surface area contributed by atoms with Gasteiger partial charge in [-0.3, -0.25) is 9.69 Å². The number of anilines is 1. The first-order chi connectivity index (χ1) is 11.5. The van der Waals surface area contributed by atoms with E-state index >= 15 is 0 Å². The van der Waals surface area contributed by atoms with Gasteiger partial charge in [0.1, 0.15) is 11.1 Å². The molecule has 1 amide bonds. The van der Waals surface area contributed by atoms with Crippen molar-refractivity contribution >= 4 is 29.3 Å². The average molecular weight is 343 g/mol. The summed E-state index contributed by atoms with van der Waals surface area (Å²) < 4.78 is 5.18. The van der Waals surface area contributed by atoms with E-state index in [-0.39, 0.29) is 22.1 Å². The fourth-order valence-electron chi connectivity index (χ4n) is 2.67. The number of aromatic carboxylic acids is 1. The SMILES string of the molecule is COc1ccc([C@H]2S[C@@H](C)C(=O)N2c2cccc(C(=O)O)c2)cc1. The van der Waals surface area contributed by atoms with Crippen molar-refractivity contribution < 1.29 is 19.4 Å². The van der Waals surface area contributed by atoms with Gasteiger partial charge in [0.2, 0.25) is 5.91 Å².